The summed E-state index contributed by atoms with van der Waals surface area (Å²) in [5, 5.41) is 2.44. The van der Waals surface area contributed by atoms with Crippen molar-refractivity contribution in [2.24, 2.45) is 5.84 Å². The van der Waals surface area contributed by atoms with Crippen molar-refractivity contribution < 1.29 is 4.70 Å². The molecule has 2 fully saturated rings. The Morgan fingerprint density at radius 2 is 1.45 bits per heavy atom. The number of quaternary nitrogens is 1. The second kappa shape index (κ2) is 2.73. The van der Waals surface area contributed by atoms with Crippen LogP contribution >= 0.6 is 0 Å². The monoisotopic (exact) mass is 156 g/mol. The summed E-state index contributed by atoms with van der Waals surface area (Å²) in [6.07, 6.45) is 5.31. The van der Waals surface area contributed by atoms with Gasteiger partial charge in [0.2, 0.25) is 0 Å². The third-order valence-electron chi connectivity index (χ3n) is 2.99. The first kappa shape index (κ1) is 7.53. The molecule has 0 aliphatic carbocycles. The van der Waals surface area contributed by atoms with Gasteiger partial charge in [-0.1, -0.05) is 0 Å². The van der Waals surface area contributed by atoms with Gasteiger partial charge in [-0.2, -0.15) is 10.5 Å². The molecule has 2 rings (SSSR count). The van der Waals surface area contributed by atoms with Gasteiger partial charge in [0.25, 0.3) is 0 Å². The van der Waals surface area contributed by atoms with Crippen molar-refractivity contribution in [3.05, 3.63) is 0 Å². The Morgan fingerprint density at radius 1 is 0.909 bits per heavy atom. The highest BCUT2D eigenvalue weighted by atomic mass is 15.9. The first-order valence-corrected chi connectivity index (χ1v) is 4.72. The van der Waals surface area contributed by atoms with Crippen LogP contribution in [0, 0.1) is 0 Å². The van der Waals surface area contributed by atoms with Crippen LogP contribution in [0.1, 0.15) is 25.7 Å². The van der Waals surface area contributed by atoms with Gasteiger partial charge < -0.3 is 0 Å². The maximum atomic E-state index is 6.23. The average molecular weight is 156 g/mol. The van der Waals surface area contributed by atoms with Crippen LogP contribution in [0.5, 0.6) is 0 Å². The molecule has 0 unspecified atom stereocenters. The summed E-state index contributed by atoms with van der Waals surface area (Å²) in [7, 11) is 0. The number of hydrogen-bond acceptors (Lipinski definition) is 2. The van der Waals surface area contributed by atoms with Crippen molar-refractivity contribution >= 4 is 0 Å². The molecule has 3 heteroatoms. The molecule has 0 aromatic carbocycles. The molecule has 0 saturated carbocycles. The molecule has 0 atom stereocenters. The highest BCUT2D eigenvalue weighted by Crippen LogP contribution is 2.21. The van der Waals surface area contributed by atoms with Gasteiger partial charge in [-0.05, 0) is 12.8 Å². The average Bonchev–Trinajstić information content (AvgIpc) is 2.55. The normalized spacial score (nSPS) is 31.4. The van der Waals surface area contributed by atoms with Crippen molar-refractivity contribution in [1.29, 1.82) is 0 Å². The molecule has 2 heterocycles. The van der Waals surface area contributed by atoms with Crippen molar-refractivity contribution in [2.45, 2.75) is 25.7 Å². The Morgan fingerprint density at radius 3 is 2.00 bits per heavy atom. The molecule has 0 aromatic heterocycles. The minimum Gasteiger partial charge on any atom is -0.171 e. The fraction of sp³-hybridized carbons (Fsp3) is 1.00. The molecule has 2 aliphatic rings. The van der Waals surface area contributed by atoms with E-state index >= 15 is 0 Å². The number of rotatable bonds is 1. The Balaban J connectivity index is 2.00. The number of nitrogens with two attached hydrogens (primary N) is 1. The summed E-state index contributed by atoms with van der Waals surface area (Å²) < 4.78 is 0.750. The van der Waals surface area contributed by atoms with Crippen molar-refractivity contribution in [3.8, 4) is 0 Å². The maximum Gasteiger partial charge on any atom is 0.115 e. The van der Waals surface area contributed by atoms with Gasteiger partial charge in [0, 0.05) is 25.9 Å². The van der Waals surface area contributed by atoms with Crippen LogP contribution in [0.25, 0.3) is 0 Å². The van der Waals surface area contributed by atoms with Crippen LogP contribution in [0.3, 0.4) is 0 Å². The SMILES string of the molecule is N[N+]1(N2CCCC2)CCCC1. The molecule has 64 valence electrons. The van der Waals surface area contributed by atoms with E-state index in [1.54, 1.807) is 0 Å². The van der Waals surface area contributed by atoms with Crippen LogP contribution in [-0.2, 0) is 0 Å². The van der Waals surface area contributed by atoms with Gasteiger partial charge in [-0.15, -0.1) is 5.01 Å². The third kappa shape index (κ3) is 1.28. The zero-order valence-electron chi connectivity index (χ0n) is 7.13. The van der Waals surface area contributed by atoms with Gasteiger partial charge >= 0.3 is 0 Å². The van der Waals surface area contributed by atoms with E-state index in [2.05, 4.69) is 5.01 Å². The second-order valence-corrected chi connectivity index (χ2v) is 3.80. The van der Waals surface area contributed by atoms with E-state index in [0.29, 0.717) is 0 Å². The third-order valence-corrected chi connectivity index (χ3v) is 2.99. The molecule has 2 N–H and O–H groups in total. The maximum absolute atomic E-state index is 6.23. The second-order valence-electron chi connectivity index (χ2n) is 3.80. The summed E-state index contributed by atoms with van der Waals surface area (Å²) in [5.74, 6) is 6.23. The fourth-order valence-electron chi connectivity index (χ4n) is 2.26. The molecular weight excluding hydrogens is 138 g/mol. The highest BCUT2D eigenvalue weighted by molar-refractivity contribution is 4.60. The largest absolute Gasteiger partial charge is 0.171 e. The van der Waals surface area contributed by atoms with Gasteiger partial charge in [-0.3, -0.25) is 0 Å². The zero-order chi connectivity index (χ0) is 7.73. The van der Waals surface area contributed by atoms with E-state index in [1.807, 2.05) is 0 Å². The predicted molar refractivity (Wildman–Crippen MR) is 44.2 cm³/mol. The Hall–Kier alpha value is -0.120. The number of hydrogen-bond donors (Lipinski definition) is 1. The van der Waals surface area contributed by atoms with Crippen molar-refractivity contribution in [2.75, 3.05) is 26.2 Å². The highest BCUT2D eigenvalue weighted by Gasteiger charge is 2.37. The molecule has 3 nitrogen and oxygen atoms in total. The molecule has 0 aromatic rings. The number of nitrogens with zero attached hydrogens (tertiary/aromatic N) is 2. The zero-order valence-corrected chi connectivity index (χ0v) is 7.13. The molecule has 0 spiro atoms. The van der Waals surface area contributed by atoms with Crippen molar-refractivity contribution in [1.82, 2.24) is 5.01 Å². The lowest BCUT2D eigenvalue weighted by Crippen LogP contribution is -2.62. The van der Waals surface area contributed by atoms with E-state index in [0.717, 1.165) is 4.70 Å². The summed E-state index contributed by atoms with van der Waals surface area (Å²) in [6.45, 7) is 4.77. The molecule has 0 radical (unpaired) electrons. The van der Waals surface area contributed by atoms with Gasteiger partial charge in [0.1, 0.15) is 13.1 Å². The van der Waals surface area contributed by atoms with E-state index in [1.165, 1.54) is 51.9 Å². The standard InChI is InChI=1S/C8H18N3/c9-11(7-3-4-8-11)10-5-1-2-6-10/h1-9H2/q+1. The predicted octanol–water partition coefficient (Wildman–Crippen LogP) is 0.481. The minimum absolute atomic E-state index is 0.750. The topological polar surface area (TPSA) is 29.3 Å². The van der Waals surface area contributed by atoms with E-state index < -0.39 is 0 Å². The van der Waals surface area contributed by atoms with Crippen molar-refractivity contribution in [3.63, 3.8) is 0 Å². The minimum atomic E-state index is 0.750. The Labute approximate surface area is 68.3 Å². The molecule has 0 bridgehead atoms. The quantitative estimate of drug-likeness (QED) is 0.442. The van der Waals surface area contributed by atoms with Crippen LogP contribution in [0.4, 0.5) is 0 Å². The first-order chi connectivity index (χ1) is 5.31. The molecule has 11 heavy (non-hydrogen) atoms. The van der Waals surface area contributed by atoms with Gasteiger partial charge in [0.05, 0.1) is 0 Å². The van der Waals surface area contributed by atoms with E-state index in [-0.39, 0.29) is 0 Å². The van der Waals surface area contributed by atoms with E-state index in [9.17, 15) is 0 Å². The van der Waals surface area contributed by atoms with Crippen LogP contribution in [0.2, 0.25) is 0 Å². The Kier molecular flexibility index (Phi) is 1.87. The summed E-state index contributed by atoms with van der Waals surface area (Å²) in [4.78, 5) is 0. The van der Waals surface area contributed by atoms with Gasteiger partial charge in [0.15, 0.2) is 0 Å². The van der Waals surface area contributed by atoms with Crippen LogP contribution in [-0.4, -0.2) is 35.9 Å². The van der Waals surface area contributed by atoms with Crippen LogP contribution in [0.15, 0.2) is 0 Å². The molecule has 2 aliphatic heterocycles. The summed E-state index contributed by atoms with van der Waals surface area (Å²) in [6, 6.07) is 0. The molecule has 0 amide bonds. The lowest BCUT2D eigenvalue weighted by Gasteiger charge is -2.35. The fourth-order valence-corrected chi connectivity index (χ4v) is 2.26. The summed E-state index contributed by atoms with van der Waals surface area (Å²) >= 11 is 0. The van der Waals surface area contributed by atoms with E-state index in [4.69, 9.17) is 5.84 Å². The van der Waals surface area contributed by atoms with Crippen LogP contribution < -0.4 is 5.84 Å². The lowest BCUT2D eigenvalue weighted by atomic mass is 10.4. The Bertz CT molecular complexity index is 134. The smallest absolute Gasteiger partial charge is 0.115 e. The molecular formula is C8H18N3+. The lowest BCUT2D eigenvalue weighted by molar-refractivity contribution is -1.03. The summed E-state index contributed by atoms with van der Waals surface area (Å²) in [5.41, 5.74) is 0. The van der Waals surface area contributed by atoms with Gasteiger partial charge in [-0.25, -0.2) is 0 Å². The molecule has 2 saturated heterocycles. The first-order valence-electron chi connectivity index (χ1n) is 4.72.